The zero-order chi connectivity index (χ0) is 5.28. The summed E-state index contributed by atoms with van der Waals surface area (Å²) >= 11 is 0. The number of rotatable bonds is 0. The Kier molecular flexibility index (Phi) is 0.982. The van der Waals surface area contributed by atoms with Gasteiger partial charge in [0.1, 0.15) is 0 Å². The average Bonchev–Trinajstić information content (AvgIpc) is 1.87. The molecule has 0 aromatic carbocycles. The number of hydrogen-bond donors (Lipinski definition) is 2. The lowest BCUT2D eigenvalue weighted by atomic mass is 10.3. The van der Waals surface area contributed by atoms with Gasteiger partial charge >= 0.3 is 0 Å². The Labute approximate surface area is 42.1 Å². The van der Waals surface area contributed by atoms with Crippen LogP contribution in [0.1, 0.15) is 13.3 Å². The SMILES string of the molecule is C[C@@H]1CC(=O)NN1. The Morgan fingerprint density at radius 1 is 1.86 bits per heavy atom. The molecule has 1 saturated heterocycles. The van der Waals surface area contributed by atoms with Gasteiger partial charge < -0.3 is 0 Å². The normalized spacial score (nSPS) is 30.4. The van der Waals surface area contributed by atoms with Crippen molar-refractivity contribution in [2.24, 2.45) is 0 Å². The highest BCUT2D eigenvalue weighted by atomic mass is 16.2. The summed E-state index contributed by atoms with van der Waals surface area (Å²) in [5.41, 5.74) is 5.25. The molecule has 0 bridgehead atoms. The molecule has 0 saturated carbocycles. The van der Waals surface area contributed by atoms with Crippen LogP contribution in [-0.2, 0) is 4.79 Å². The van der Waals surface area contributed by atoms with Crippen molar-refractivity contribution < 1.29 is 4.79 Å². The van der Waals surface area contributed by atoms with Crippen molar-refractivity contribution in [1.82, 2.24) is 10.9 Å². The largest absolute Gasteiger partial charge is 0.291 e. The van der Waals surface area contributed by atoms with Crippen molar-refractivity contribution in [2.45, 2.75) is 19.4 Å². The number of carbonyl (C=O) groups excluding carboxylic acids is 1. The maximum atomic E-state index is 10.3. The van der Waals surface area contributed by atoms with Gasteiger partial charge in [0.2, 0.25) is 5.91 Å². The van der Waals surface area contributed by atoms with Crippen LogP contribution in [0.2, 0.25) is 0 Å². The summed E-state index contributed by atoms with van der Waals surface area (Å²) in [5.74, 6) is 0.0903. The van der Waals surface area contributed by atoms with Crippen LogP contribution in [0, 0.1) is 0 Å². The van der Waals surface area contributed by atoms with E-state index in [1.54, 1.807) is 0 Å². The number of carbonyl (C=O) groups is 1. The molecule has 0 aliphatic carbocycles. The summed E-state index contributed by atoms with van der Waals surface area (Å²) in [5, 5.41) is 0. The highest BCUT2D eigenvalue weighted by molar-refractivity contribution is 5.77. The van der Waals surface area contributed by atoms with Crippen molar-refractivity contribution in [3.05, 3.63) is 0 Å². The molecule has 1 aliphatic heterocycles. The van der Waals surface area contributed by atoms with E-state index in [0.717, 1.165) is 0 Å². The summed E-state index contributed by atoms with van der Waals surface area (Å²) in [7, 11) is 0. The van der Waals surface area contributed by atoms with E-state index in [2.05, 4.69) is 10.9 Å². The Balaban J connectivity index is 2.40. The zero-order valence-electron chi connectivity index (χ0n) is 4.19. The molecular formula is C4H8N2O. The van der Waals surface area contributed by atoms with Crippen LogP contribution in [0.4, 0.5) is 0 Å². The van der Waals surface area contributed by atoms with Gasteiger partial charge in [0.05, 0.1) is 0 Å². The van der Waals surface area contributed by atoms with Crippen LogP contribution in [0.15, 0.2) is 0 Å². The van der Waals surface area contributed by atoms with E-state index >= 15 is 0 Å². The van der Waals surface area contributed by atoms with E-state index in [4.69, 9.17) is 0 Å². The van der Waals surface area contributed by atoms with Crippen LogP contribution in [0.25, 0.3) is 0 Å². The quantitative estimate of drug-likeness (QED) is 0.426. The fourth-order valence-corrected chi connectivity index (χ4v) is 0.584. The Morgan fingerprint density at radius 3 is 2.71 bits per heavy atom. The molecule has 1 aliphatic rings. The zero-order valence-corrected chi connectivity index (χ0v) is 4.19. The van der Waals surface area contributed by atoms with Crippen LogP contribution >= 0.6 is 0 Å². The molecule has 1 heterocycles. The number of nitrogens with one attached hydrogen (secondary N) is 2. The fourth-order valence-electron chi connectivity index (χ4n) is 0.584. The van der Waals surface area contributed by atoms with Crippen LogP contribution in [0.5, 0.6) is 0 Å². The molecule has 0 radical (unpaired) electrons. The Hall–Kier alpha value is -0.570. The van der Waals surface area contributed by atoms with Crippen LogP contribution < -0.4 is 10.9 Å². The molecule has 7 heavy (non-hydrogen) atoms. The van der Waals surface area contributed by atoms with Crippen molar-refractivity contribution in [2.75, 3.05) is 0 Å². The highest BCUT2D eigenvalue weighted by Gasteiger charge is 2.14. The maximum Gasteiger partial charge on any atom is 0.235 e. The molecule has 0 aromatic heterocycles. The fraction of sp³-hybridized carbons (Fsp3) is 0.750. The Morgan fingerprint density at radius 2 is 2.57 bits per heavy atom. The molecule has 3 nitrogen and oxygen atoms in total. The summed E-state index contributed by atoms with van der Waals surface area (Å²) in [6.07, 6.45) is 0.611. The summed E-state index contributed by atoms with van der Waals surface area (Å²) in [4.78, 5) is 10.3. The minimum absolute atomic E-state index is 0.0903. The summed E-state index contributed by atoms with van der Waals surface area (Å²) < 4.78 is 0. The van der Waals surface area contributed by atoms with E-state index in [1.807, 2.05) is 6.92 Å². The third kappa shape index (κ3) is 0.899. The van der Waals surface area contributed by atoms with Crippen molar-refractivity contribution in [3.63, 3.8) is 0 Å². The van der Waals surface area contributed by atoms with Gasteiger partial charge in [-0.2, -0.15) is 0 Å². The first kappa shape index (κ1) is 4.59. The molecule has 1 rings (SSSR count). The van der Waals surface area contributed by atoms with Crippen molar-refractivity contribution in [1.29, 1.82) is 0 Å². The van der Waals surface area contributed by atoms with Gasteiger partial charge in [0.15, 0.2) is 0 Å². The molecule has 1 amide bonds. The predicted molar refractivity (Wildman–Crippen MR) is 25.4 cm³/mol. The van der Waals surface area contributed by atoms with Gasteiger partial charge in [-0.3, -0.25) is 10.2 Å². The third-order valence-electron chi connectivity index (χ3n) is 0.950. The minimum atomic E-state index is 0.0903. The molecule has 2 N–H and O–H groups in total. The first-order valence-electron chi connectivity index (χ1n) is 2.33. The topological polar surface area (TPSA) is 41.1 Å². The Bertz CT molecular complexity index is 91.7. The first-order chi connectivity index (χ1) is 3.29. The molecule has 1 fully saturated rings. The van der Waals surface area contributed by atoms with Crippen molar-refractivity contribution in [3.8, 4) is 0 Å². The van der Waals surface area contributed by atoms with Crippen LogP contribution in [0.3, 0.4) is 0 Å². The van der Waals surface area contributed by atoms with Gasteiger partial charge in [0.25, 0.3) is 0 Å². The lowest BCUT2D eigenvalue weighted by Crippen LogP contribution is -2.29. The van der Waals surface area contributed by atoms with E-state index in [1.165, 1.54) is 0 Å². The summed E-state index contributed by atoms with van der Waals surface area (Å²) in [6, 6.07) is 0.312. The predicted octanol–water partition coefficient (Wildman–Crippen LogP) is -0.601. The van der Waals surface area contributed by atoms with Gasteiger partial charge in [-0.1, -0.05) is 0 Å². The van der Waals surface area contributed by atoms with Gasteiger partial charge in [-0.05, 0) is 6.92 Å². The summed E-state index contributed by atoms with van der Waals surface area (Å²) in [6.45, 7) is 1.96. The molecule has 40 valence electrons. The molecule has 0 unspecified atom stereocenters. The lowest BCUT2D eigenvalue weighted by molar-refractivity contribution is -0.119. The molecule has 0 aromatic rings. The van der Waals surface area contributed by atoms with Gasteiger partial charge in [-0.15, -0.1) is 0 Å². The van der Waals surface area contributed by atoms with E-state index in [0.29, 0.717) is 12.5 Å². The lowest BCUT2D eigenvalue weighted by Gasteiger charge is -1.93. The number of hydrazine groups is 1. The number of hydrogen-bond acceptors (Lipinski definition) is 2. The number of amides is 1. The van der Waals surface area contributed by atoms with E-state index in [-0.39, 0.29) is 5.91 Å². The van der Waals surface area contributed by atoms with Gasteiger partial charge in [-0.25, -0.2) is 5.43 Å². The monoisotopic (exact) mass is 100 g/mol. The second kappa shape index (κ2) is 1.50. The molecule has 3 heteroatoms. The highest BCUT2D eigenvalue weighted by Crippen LogP contribution is 1.93. The van der Waals surface area contributed by atoms with Crippen LogP contribution in [-0.4, -0.2) is 11.9 Å². The second-order valence-electron chi connectivity index (χ2n) is 1.80. The molecule has 0 spiro atoms. The second-order valence-corrected chi connectivity index (χ2v) is 1.80. The molecular weight excluding hydrogens is 92.1 g/mol. The minimum Gasteiger partial charge on any atom is -0.291 e. The standard InChI is InChI=1S/C4H8N2O/c1-3-2-4(7)6-5-3/h3,5H,2H2,1H3,(H,6,7)/t3-/m1/s1. The smallest absolute Gasteiger partial charge is 0.235 e. The van der Waals surface area contributed by atoms with E-state index in [9.17, 15) is 4.79 Å². The molecule has 1 atom stereocenters. The first-order valence-corrected chi connectivity index (χ1v) is 2.33. The van der Waals surface area contributed by atoms with E-state index < -0.39 is 0 Å². The third-order valence-corrected chi connectivity index (χ3v) is 0.950. The van der Waals surface area contributed by atoms with Crippen molar-refractivity contribution >= 4 is 5.91 Å². The van der Waals surface area contributed by atoms with Gasteiger partial charge in [0, 0.05) is 12.5 Å². The maximum absolute atomic E-state index is 10.3. The average molecular weight is 100 g/mol.